The van der Waals surface area contributed by atoms with Crippen LogP contribution in [0, 0.1) is 17.5 Å². The molecule has 1 heterocycles. The Hall–Kier alpha value is -1.07. The van der Waals surface area contributed by atoms with Gasteiger partial charge >= 0.3 is 0 Å². The van der Waals surface area contributed by atoms with Gasteiger partial charge in [-0.05, 0) is 53.3 Å². The monoisotopic (exact) mass is 298 g/mol. The van der Waals surface area contributed by atoms with E-state index in [1.807, 2.05) is 6.92 Å². The topological polar surface area (TPSA) is 28.7 Å². The lowest BCUT2D eigenvalue weighted by atomic mass is 10.1. The first-order valence-corrected chi connectivity index (χ1v) is 5.80. The minimum atomic E-state index is -0.324. The van der Waals surface area contributed by atoms with Gasteiger partial charge in [-0.25, -0.2) is 9.37 Å². The highest BCUT2D eigenvalue weighted by atomic mass is 79.9. The maximum absolute atomic E-state index is 13.8. The summed E-state index contributed by atoms with van der Waals surface area (Å²) in [5, 5.41) is 0. The molecule has 0 radical (unpaired) electrons. The van der Waals surface area contributed by atoms with Gasteiger partial charge in [0.05, 0.1) is 10.2 Å². The predicted octanol–water partition coefficient (Wildman–Crippen LogP) is 4.02. The molecule has 1 aromatic carbocycles. The molecule has 0 fully saturated rings. The average Bonchev–Trinajstić information content (AvgIpc) is 2.20. The van der Waals surface area contributed by atoms with Gasteiger partial charge < -0.3 is 4.98 Å². The maximum Gasteiger partial charge on any atom is 0.197 e. The molecule has 16 heavy (non-hydrogen) atoms. The minimum absolute atomic E-state index is 0.324. The molecule has 0 unspecified atom stereocenters. The van der Waals surface area contributed by atoms with E-state index in [0.717, 1.165) is 5.69 Å². The lowest BCUT2D eigenvalue weighted by molar-refractivity contribution is 0.624. The minimum Gasteiger partial charge on any atom is -0.335 e. The molecule has 5 heteroatoms. The van der Waals surface area contributed by atoms with Crippen LogP contribution >= 0.6 is 28.1 Å². The number of nitrogens with zero attached hydrogens (tertiary/aromatic N) is 1. The molecular weight excluding hydrogens is 291 g/mol. The molecule has 82 valence electrons. The van der Waals surface area contributed by atoms with E-state index in [9.17, 15) is 4.39 Å². The van der Waals surface area contributed by atoms with Crippen LogP contribution in [0.5, 0.6) is 0 Å². The second-order valence-electron chi connectivity index (χ2n) is 3.36. The van der Waals surface area contributed by atoms with Crippen LogP contribution < -0.4 is 0 Å². The molecule has 0 spiro atoms. The molecule has 0 aliphatic rings. The number of nitrogens with one attached hydrogen (secondary N) is 1. The third-order valence-electron chi connectivity index (χ3n) is 2.11. The van der Waals surface area contributed by atoms with Crippen molar-refractivity contribution in [1.82, 2.24) is 9.97 Å². The summed E-state index contributed by atoms with van der Waals surface area (Å²) in [7, 11) is 0. The molecule has 2 nitrogen and oxygen atoms in total. The highest BCUT2D eigenvalue weighted by Gasteiger charge is 2.09. The molecule has 0 atom stereocenters. The van der Waals surface area contributed by atoms with Gasteiger partial charge in [0.25, 0.3) is 0 Å². The number of hydrogen-bond donors (Lipinski definition) is 1. The van der Waals surface area contributed by atoms with Crippen LogP contribution in [0.1, 0.15) is 5.69 Å². The van der Waals surface area contributed by atoms with Crippen molar-refractivity contribution < 1.29 is 4.39 Å². The quantitative estimate of drug-likeness (QED) is 0.806. The summed E-state index contributed by atoms with van der Waals surface area (Å²) < 4.78 is 14.6. The van der Waals surface area contributed by atoms with Crippen LogP contribution in [0.2, 0.25) is 0 Å². The number of halogens is 2. The summed E-state index contributed by atoms with van der Waals surface area (Å²) in [6, 6.07) is 6.85. The van der Waals surface area contributed by atoms with Crippen molar-refractivity contribution in [3.8, 4) is 11.3 Å². The number of hydrogen-bond acceptors (Lipinski definition) is 2. The number of aromatic amines is 1. The van der Waals surface area contributed by atoms with E-state index in [0.29, 0.717) is 20.5 Å². The Morgan fingerprint density at radius 2 is 2.19 bits per heavy atom. The van der Waals surface area contributed by atoms with Crippen molar-refractivity contribution in [2.45, 2.75) is 6.92 Å². The molecular formula is C11H8BrFN2S. The maximum atomic E-state index is 13.8. The van der Waals surface area contributed by atoms with E-state index in [1.165, 1.54) is 0 Å². The van der Waals surface area contributed by atoms with Crippen LogP contribution in [0.4, 0.5) is 4.39 Å². The second-order valence-corrected chi connectivity index (χ2v) is 4.60. The fourth-order valence-corrected chi connectivity index (χ4v) is 2.04. The number of aryl methyl sites for hydroxylation is 1. The lowest BCUT2D eigenvalue weighted by Gasteiger charge is -2.04. The highest BCUT2D eigenvalue weighted by Crippen LogP contribution is 2.26. The van der Waals surface area contributed by atoms with E-state index < -0.39 is 0 Å². The fourth-order valence-electron chi connectivity index (χ4n) is 1.42. The Kier molecular flexibility index (Phi) is 3.16. The largest absolute Gasteiger partial charge is 0.335 e. The van der Waals surface area contributed by atoms with Crippen LogP contribution in [0.25, 0.3) is 11.3 Å². The van der Waals surface area contributed by atoms with Gasteiger partial charge in [0.1, 0.15) is 5.82 Å². The van der Waals surface area contributed by atoms with Gasteiger partial charge in [-0.15, -0.1) is 0 Å². The summed E-state index contributed by atoms with van der Waals surface area (Å²) in [5.74, 6) is -0.324. The smallest absolute Gasteiger partial charge is 0.197 e. The third-order valence-corrected chi connectivity index (χ3v) is 2.91. The first kappa shape index (κ1) is 11.4. The Morgan fingerprint density at radius 3 is 2.88 bits per heavy atom. The molecule has 0 saturated carbocycles. The zero-order chi connectivity index (χ0) is 11.7. The molecule has 1 aromatic heterocycles. The van der Waals surface area contributed by atoms with Crippen molar-refractivity contribution >= 4 is 28.1 Å². The van der Waals surface area contributed by atoms with E-state index in [4.69, 9.17) is 12.2 Å². The lowest BCUT2D eigenvalue weighted by Crippen LogP contribution is -1.93. The normalized spacial score (nSPS) is 10.4. The SMILES string of the molecule is Cc1cc(-c2cccc(Br)c2F)nc(=S)[nH]1. The number of H-pyrrole nitrogens is 1. The average molecular weight is 299 g/mol. The number of rotatable bonds is 1. The van der Waals surface area contributed by atoms with E-state index >= 15 is 0 Å². The highest BCUT2D eigenvalue weighted by molar-refractivity contribution is 9.10. The summed E-state index contributed by atoms with van der Waals surface area (Å²) in [5.41, 5.74) is 1.84. The Labute approximate surface area is 106 Å². The first-order valence-electron chi connectivity index (χ1n) is 4.60. The van der Waals surface area contributed by atoms with Crippen LogP contribution in [0.15, 0.2) is 28.7 Å². The van der Waals surface area contributed by atoms with E-state index in [2.05, 4.69) is 25.9 Å². The van der Waals surface area contributed by atoms with Gasteiger partial charge in [-0.2, -0.15) is 0 Å². The third kappa shape index (κ3) is 2.20. The van der Waals surface area contributed by atoms with E-state index in [1.54, 1.807) is 24.3 Å². The second kappa shape index (κ2) is 4.43. The summed E-state index contributed by atoms with van der Waals surface area (Å²) in [4.78, 5) is 6.99. The Balaban J connectivity index is 2.67. The van der Waals surface area contributed by atoms with Crippen LogP contribution in [-0.4, -0.2) is 9.97 Å². The van der Waals surface area contributed by atoms with Crippen molar-refractivity contribution in [1.29, 1.82) is 0 Å². The van der Waals surface area contributed by atoms with Crippen molar-refractivity contribution in [3.05, 3.63) is 45.0 Å². The fraction of sp³-hybridized carbons (Fsp3) is 0.0909. The summed E-state index contributed by atoms with van der Waals surface area (Å²) in [6.07, 6.45) is 0. The Bertz CT molecular complexity index is 595. The van der Waals surface area contributed by atoms with Gasteiger partial charge in [-0.1, -0.05) is 6.07 Å². The first-order chi connectivity index (χ1) is 7.58. The standard InChI is InChI=1S/C11H8BrFN2S/c1-6-5-9(15-11(16)14-6)7-3-2-4-8(12)10(7)13/h2-5H,1H3,(H,14,15,16). The molecule has 0 amide bonds. The predicted molar refractivity (Wildman–Crippen MR) is 67.3 cm³/mol. The molecule has 0 aliphatic carbocycles. The van der Waals surface area contributed by atoms with Crippen molar-refractivity contribution in [2.24, 2.45) is 0 Å². The van der Waals surface area contributed by atoms with Gasteiger partial charge in [0.15, 0.2) is 4.77 Å². The molecule has 1 N–H and O–H groups in total. The molecule has 0 aliphatic heterocycles. The Morgan fingerprint density at radius 1 is 1.44 bits per heavy atom. The van der Waals surface area contributed by atoms with Crippen molar-refractivity contribution in [2.75, 3.05) is 0 Å². The van der Waals surface area contributed by atoms with E-state index in [-0.39, 0.29) is 5.82 Å². The molecule has 2 aromatic rings. The van der Waals surface area contributed by atoms with Crippen LogP contribution in [-0.2, 0) is 0 Å². The summed E-state index contributed by atoms with van der Waals surface area (Å²) in [6.45, 7) is 1.86. The van der Waals surface area contributed by atoms with Crippen LogP contribution in [0.3, 0.4) is 0 Å². The summed E-state index contributed by atoms with van der Waals surface area (Å²) >= 11 is 8.11. The molecule has 0 bridgehead atoms. The van der Waals surface area contributed by atoms with Crippen molar-refractivity contribution in [3.63, 3.8) is 0 Å². The van der Waals surface area contributed by atoms with Gasteiger partial charge in [0, 0.05) is 11.3 Å². The molecule has 0 saturated heterocycles. The zero-order valence-corrected chi connectivity index (χ0v) is 10.8. The molecule has 2 rings (SSSR count). The zero-order valence-electron chi connectivity index (χ0n) is 8.42. The van der Waals surface area contributed by atoms with Gasteiger partial charge in [-0.3, -0.25) is 0 Å². The van der Waals surface area contributed by atoms with Gasteiger partial charge in [0.2, 0.25) is 0 Å². The number of aromatic nitrogens is 2. The number of benzene rings is 1.